The predicted octanol–water partition coefficient (Wildman–Crippen LogP) is 2.87. The number of amides is 1. The van der Waals surface area contributed by atoms with Crippen LogP contribution in [0.15, 0.2) is 30.3 Å². The van der Waals surface area contributed by atoms with E-state index in [9.17, 15) is 4.79 Å². The van der Waals surface area contributed by atoms with E-state index >= 15 is 0 Å². The number of hydrogen-bond donors (Lipinski definition) is 2. The lowest BCUT2D eigenvalue weighted by Crippen LogP contribution is -2.10. The maximum Gasteiger partial charge on any atom is 0.260 e. The number of benzene rings is 1. The average Bonchev–Trinajstić information content (AvgIpc) is 2.90. The molecule has 0 radical (unpaired) electrons. The molecule has 0 saturated carbocycles. The second-order valence-electron chi connectivity index (χ2n) is 5.29. The SMILES string of the molecule is COc1ccc(COc2cc(C)nc3sc(C(N)=O)c(N)c23)cc1. The fourth-order valence-corrected chi connectivity index (χ4v) is 3.39. The van der Waals surface area contributed by atoms with Gasteiger partial charge in [0.25, 0.3) is 5.91 Å². The molecule has 0 saturated heterocycles. The number of nitrogens with two attached hydrogens (primary N) is 2. The standard InChI is InChI=1S/C17H17N3O3S/c1-9-7-12(23-8-10-3-5-11(22-2)6-4-10)13-14(18)15(16(19)21)24-17(13)20-9/h3-7H,8,18H2,1-2H3,(H2,19,21). The number of aromatic nitrogens is 1. The van der Waals surface area contributed by atoms with Crippen molar-refractivity contribution in [1.82, 2.24) is 4.98 Å². The first-order chi connectivity index (χ1) is 11.5. The molecule has 0 atom stereocenters. The Morgan fingerprint density at radius 3 is 2.62 bits per heavy atom. The highest BCUT2D eigenvalue weighted by Gasteiger charge is 2.19. The Kier molecular flexibility index (Phi) is 4.26. The molecule has 1 aromatic carbocycles. The maximum absolute atomic E-state index is 11.5. The van der Waals surface area contributed by atoms with Gasteiger partial charge in [-0.1, -0.05) is 12.1 Å². The highest BCUT2D eigenvalue weighted by atomic mass is 32.1. The summed E-state index contributed by atoms with van der Waals surface area (Å²) in [6.45, 7) is 2.23. The molecule has 6 nitrogen and oxygen atoms in total. The summed E-state index contributed by atoms with van der Waals surface area (Å²) < 4.78 is 11.1. The Hall–Kier alpha value is -2.80. The number of nitrogens with zero attached hydrogens (tertiary/aromatic N) is 1. The molecule has 0 aliphatic heterocycles. The van der Waals surface area contributed by atoms with E-state index in [0.29, 0.717) is 33.1 Å². The van der Waals surface area contributed by atoms with Crippen LogP contribution in [0.2, 0.25) is 0 Å². The van der Waals surface area contributed by atoms with Gasteiger partial charge in [-0.3, -0.25) is 4.79 Å². The van der Waals surface area contributed by atoms with Gasteiger partial charge in [0.15, 0.2) is 0 Å². The number of ether oxygens (including phenoxy) is 2. The third-order valence-corrected chi connectivity index (χ3v) is 4.68. The fraction of sp³-hybridized carbons (Fsp3) is 0.176. The lowest BCUT2D eigenvalue weighted by atomic mass is 10.2. The number of carbonyl (C=O) groups excluding carboxylic acids is 1. The molecule has 0 aliphatic carbocycles. The summed E-state index contributed by atoms with van der Waals surface area (Å²) in [6.07, 6.45) is 0. The number of anilines is 1. The summed E-state index contributed by atoms with van der Waals surface area (Å²) >= 11 is 1.18. The topological polar surface area (TPSA) is 100 Å². The van der Waals surface area contributed by atoms with Crippen molar-refractivity contribution in [2.45, 2.75) is 13.5 Å². The Bertz CT molecular complexity index is 904. The Balaban J connectivity index is 1.94. The van der Waals surface area contributed by atoms with Crippen molar-refractivity contribution in [2.75, 3.05) is 12.8 Å². The van der Waals surface area contributed by atoms with Gasteiger partial charge in [0.2, 0.25) is 0 Å². The van der Waals surface area contributed by atoms with Gasteiger partial charge >= 0.3 is 0 Å². The second kappa shape index (κ2) is 6.37. The Labute approximate surface area is 143 Å². The summed E-state index contributed by atoms with van der Waals surface area (Å²) in [5.74, 6) is 0.818. The van der Waals surface area contributed by atoms with Crippen molar-refractivity contribution in [2.24, 2.45) is 5.73 Å². The third-order valence-electron chi connectivity index (χ3n) is 3.57. The number of fused-ring (bicyclic) bond motifs is 1. The van der Waals surface area contributed by atoms with E-state index in [1.165, 1.54) is 11.3 Å². The zero-order valence-electron chi connectivity index (χ0n) is 13.3. The van der Waals surface area contributed by atoms with E-state index in [1.54, 1.807) is 13.2 Å². The number of pyridine rings is 1. The Morgan fingerprint density at radius 1 is 1.29 bits per heavy atom. The number of thiophene rings is 1. The van der Waals surface area contributed by atoms with Crippen LogP contribution >= 0.6 is 11.3 Å². The molecule has 3 rings (SSSR count). The summed E-state index contributed by atoms with van der Waals surface area (Å²) in [5, 5.41) is 0.632. The van der Waals surface area contributed by atoms with Gasteiger partial charge in [-0.05, 0) is 24.6 Å². The number of carbonyl (C=O) groups is 1. The van der Waals surface area contributed by atoms with Crippen LogP contribution in [0.1, 0.15) is 20.9 Å². The van der Waals surface area contributed by atoms with Gasteiger partial charge in [0.05, 0.1) is 18.2 Å². The van der Waals surface area contributed by atoms with Crippen LogP contribution in [0.25, 0.3) is 10.2 Å². The minimum absolute atomic E-state index is 0.303. The smallest absolute Gasteiger partial charge is 0.260 e. The van der Waals surface area contributed by atoms with E-state index in [2.05, 4.69) is 4.98 Å². The third kappa shape index (κ3) is 2.98. The lowest BCUT2D eigenvalue weighted by Gasteiger charge is -2.09. The number of aryl methyl sites for hydroxylation is 1. The van der Waals surface area contributed by atoms with Crippen molar-refractivity contribution in [3.8, 4) is 11.5 Å². The molecule has 0 bridgehead atoms. The molecule has 2 aromatic heterocycles. The minimum Gasteiger partial charge on any atom is -0.497 e. The molecular formula is C17H17N3O3S. The normalized spacial score (nSPS) is 10.8. The van der Waals surface area contributed by atoms with Gasteiger partial charge in [0, 0.05) is 11.8 Å². The first kappa shape index (κ1) is 16.1. The van der Waals surface area contributed by atoms with Gasteiger partial charge < -0.3 is 20.9 Å². The highest BCUT2D eigenvalue weighted by Crippen LogP contribution is 2.39. The molecule has 4 N–H and O–H groups in total. The lowest BCUT2D eigenvalue weighted by molar-refractivity contribution is 0.100. The van der Waals surface area contributed by atoms with Crippen LogP contribution < -0.4 is 20.9 Å². The number of methoxy groups -OCH3 is 1. The molecule has 0 spiro atoms. The zero-order valence-corrected chi connectivity index (χ0v) is 14.1. The van der Waals surface area contributed by atoms with Gasteiger partial charge in [0.1, 0.15) is 27.8 Å². The molecule has 0 unspecified atom stereocenters. The van der Waals surface area contributed by atoms with Gasteiger partial charge in [-0.2, -0.15) is 0 Å². The fourth-order valence-electron chi connectivity index (χ4n) is 2.38. The second-order valence-corrected chi connectivity index (χ2v) is 6.29. The van der Waals surface area contributed by atoms with E-state index in [0.717, 1.165) is 17.0 Å². The number of rotatable bonds is 5. The number of primary amides is 1. The summed E-state index contributed by atoms with van der Waals surface area (Å²) in [5.41, 5.74) is 13.5. The molecule has 1 amide bonds. The van der Waals surface area contributed by atoms with Crippen LogP contribution in [-0.4, -0.2) is 18.0 Å². The summed E-state index contributed by atoms with van der Waals surface area (Å²) in [6, 6.07) is 9.40. The summed E-state index contributed by atoms with van der Waals surface area (Å²) in [4.78, 5) is 16.9. The maximum atomic E-state index is 11.5. The van der Waals surface area contributed by atoms with E-state index < -0.39 is 5.91 Å². The minimum atomic E-state index is -0.561. The monoisotopic (exact) mass is 343 g/mol. The predicted molar refractivity (Wildman–Crippen MR) is 94.6 cm³/mol. The van der Waals surface area contributed by atoms with E-state index in [-0.39, 0.29) is 0 Å². The molecule has 0 fully saturated rings. The van der Waals surface area contributed by atoms with Crippen molar-refractivity contribution in [1.29, 1.82) is 0 Å². The van der Waals surface area contributed by atoms with Crippen molar-refractivity contribution in [3.63, 3.8) is 0 Å². The Morgan fingerprint density at radius 2 is 2.00 bits per heavy atom. The summed E-state index contributed by atoms with van der Waals surface area (Å²) in [7, 11) is 1.62. The highest BCUT2D eigenvalue weighted by molar-refractivity contribution is 7.21. The molecule has 2 heterocycles. The van der Waals surface area contributed by atoms with Gasteiger partial charge in [-0.25, -0.2) is 4.98 Å². The molecular weight excluding hydrogens is 326 g/mol. The van der Waals surface area contributed by atoms with Crippen molar-refractivity contribution in [3.05, 3.63) is 46.5 Å². The molecule has 24 heavy (non-hydrogen) atoms. The van der Waals surface area contributed by atoms with Crippen LogP contribution in [0.5, 0.6) is 11.5 Å². The van der Waals surface area contributed by atoms with Gasteiger partial charge in [-0.15, -0.1) is 11.3 Å². The van der Waals surface area contributed by atoms with Crippen LogP contribution in [-0.2, 0) is 6.61 Å². The first-order valence-corrected chi connectivity index (χ1v) is 8.06. The van der Waals surface area contributed by atoms with Crippen molar-refractivity contribution < 1.29 is 14.3 Å². The zero-order chi connectivity index (χ0) is 17.3. The largest absolute Gasteiger partial charge is 0.497 e. The average molecular weight is 343 g/mol. The van der Waals surface area contributed by atoms with Crippen LogP contribution in [0, 0.1) is 6.92 Å². The number of hydrogen-bond acceptors (Lipinski definition) is 6. The quantitative estimate of drug-likeness (QED) is 0.742. The van der Waals surface area contributed by atoms with Crippen molar-refractivity contribution >= 4 is 33.1 Å². The molecule has 124 valence electrons. The van der Waals surface area contributed by atoms with E-state index in [4.69, 9.17) is 20.9 Å². The molecule has 3 aromatic rings. The number of nitrogen functional groups attached to an aromatic ring is 1. The van der Waals surface area contributed by atoms with Crippen LogP contribution in [0.3, 0.4) is 0 Å². The van der Waals surface area contributed by atoms with E-state index in [1.807, 2.05) is 31.2 Å². The first-order valence-electron chi connectivity index (χ1n) is 7.24. The molecule has 0 aliphatic rings. The van der Waals surface area contributed by atoms with Crippen LogP contribution in [0.4, 0.5) is 5.69 Å². The molecule has 7 heteroatoms.